The number of para-hydroxylation sites is 2. The molecular weight excluding hydrogens is 318 g/mol. The van der Waals surface area contributed by atoms with Crippen LogP contribution in [0.3, 0.4) is 0 Å². The molecule has 3 rings (SSSR count). The Bertz CT molecular complexity index is 553. The highest BCUT2D eigenvalue weighted by atomic mass is 16.5. The first-order chi connectivity index (χ1) is 12.3. The van der Waals surface area contributed by atoms with Crippen molar-refractivity contribution in [3.63, 3.8) is 0 Å². The van der Waals surface area contributed by atoms with Gasteiger partial charge in [0, 0.05) is 39.3 Å². The lowest BCUT2D eigenvalue weighted by molar-refractivity contribution is -0.122. The summed E-state index contributed by atoms with van der Waals surface area (Å²) in [5.74, 6) is 1.03. The molecule has 0 saturated carbocycles. The van der Waals surface area contributed by atoms with Crippen molar-refractivity contribution in [3.05, 3.63) is 24.3 Å². The molecule has 1 aromatic carbocycles. The van der Waals surface area contributed by atoms with E-state index < -0.39 is 0 Å². The second-order valence-electron chi connectivity index (χ2n) is 6.60. The van der Waals surface area contributed by atoms with Gasteiger partial charge in [0.2, 0.25) is 5.91 Å². The molecule has 1 amide bonds. The van der Waals surface area contributed by atoms with E-state index in [9.17, 15) is 4.79 Å². The molecule has 138 valence electrons. The minimum atomic E-state index is 0.0960. The van der Waals surface area contributed by atoms with Crippen LogP contribution in [0, 0.1) is 0 Å². The molecule has 0 aromatic heterocycles. The minimum Gasteiger partial charge on any atom is -0.492 e. The van der Waals surface area contributed by atoms with Gasteiger partial charge in [0.25, 0.3) is 0 Å². The number of hydrogen-bond acceptors (Lipinski definition) is 5. The first kappa shape index (κ1) is 18.0. The monoisotopic (exact) mass is 347 g/mol. The van der Waals surface area contributed by atoms with Crippen LogP contribution >= 0.6 is 0 Å². The van der Waals surface area contributed by atoms with E-state index in [1.807, 2.05) is 25.1 Å². The highest BCUT2D eigenvalue weighted by Gasteiger charge is 2.22. The van der Waals surface area contributed by atoms with Gasteiger partial charge < -0.3 is 19.7 Å². The maximum absolute atomic E-state index is 12.1. The van der Waals surface area contributed by atoms with Gasteiger partial charge >= 0.3 is 0 Å². The van der Waals surface area contributed by atoms with E-state index in [1.54, 1.807) is 0 Å². The first-order valence-electron chi connectivity index (χ1n) is 9.33. The predicted octanol–water partition coefficient (Wildman–Crippen LogP) is 1.50. The Morgan fingerprint density at radius 2 is 2.08 bits per heavy atom. The molecule has 2 fully saturated rings. The summed E-state index contributed by atoms with van der Waals surface area (Å²) < 4.78 is 11.3. The highest BCUT2D eigenvalue weighted by molar-refractivity contribution is 5.78. The number of carbonyl (C=O) groups is 1. The van der Waals surface area contributed by atoms with Crippen LogP contribution in [0.1, 0.15) is 19.8 Å². The van der Waals surface area contributed by atoms with E-state index in [1.165, 1.54) is 0 Å². The molecule has 1 N–H and O–H groups in total. The van der Waals surface area contributed by atoms with Gasteiger partial charge in [-0.1, -0.05) is 12.1 Å². The standard InChI is InChI=1S/C19H29N3O3/c1-2-24-18-8-4-3-7-17(18)22-11-9-21(10-12-22)15-19(23)20-14-16-6-5-13-25-16/h3-4,7-8,16H,2,5-6,9-15H2,1H3,(H,20,23)/t16-/m0/s1. The second kappa shape index (κ2) is 9.06. The molecule has 0 spiro atoms. The fourth-order valence-electron chi connectivity index (χ4n) is 3.43. The van der Waals surface area contributed by atoms with E-state index in [0.29, 0.717) is 19.7 Å². The largest absolute Gasteiger partial charge is 0.492 e. The molecule has 2 aliphatic rings. The summed E-state index contributed by atoms with van der Waals surface area (Å²) in [6, 6.07) is 8.17. The number of rotatable bonds is 7. The smallest absolute Gasteiger partial charge is 0.234 e. The molecule has 0 radical (unpaired) electrons. The lowest BCUT2D eigenvalue weighted by Crippen LogP contribution is -2.50. The third-order valence-electron chi connectivity index (χ3n) is 4.80. The summed E-state index contributed by atoms with van der Waals surface area (Å²) in [7, 11) is 0. The van der Waals surface area contributed by atoms with E-state index in [4.69, 9.17) is 9.47 Å². The van der Waals surface area contributed by atoms with Crippen LogP contribution in [0.4, 0.5) is 5.69 Å². The third kappa shape index (κ3) is 5.09. The number of ether oxygens (including phenoxy) is 2. The topological polar surface area (TPSA) is 54.0 Å². The van der Waals surface area contributed by atoms with Gasteiger partial charge in [0.05, 0.1) is 24.9 Å². The van der Waals surface area contributed by atoms with Gasteiger partial charge in [-0.2, -0.15) is 0 Å². The van der Waals surface area contributed by atoms with Crippen LogP contribution in [-0.4, -0.2) is 69.4 Å². The number of benzene rings is 1. The number of carbonyl (C=O) groups excluding carboxylic acids is 1. The quantitative estimate of drug-likeness (QED) is 0.810. The summed E-state index contributed by atoms with van der Waals surface area (Å²) in [6.07, 6.45) is 2.36. The van der Waals surface area contributed by atoms with Crippen LogP contribution in [0.2, 0.25) is 0 Å². The molecule has 2 saturated heterocycles. The Labute approximate surface area is 150 Å². The van der Waals surface area contributed by atoms with Crippen LogP contribution in [0.25, 0.3) is 0 Å². The van der Waals surface area contributed by atoms with E-state index in [2.05, 4.69) is 21.2 Å². The number of nitrogens with zero attached hydrogens (tertiary/aromatic N) is 2. The van der Waals surface area contributed by atoms with Gasteiger partial charge in [0.1, 0.15) is 5.75 Å². The van der Waals surface area contributed by atoms with E-state index in [0.717, 1.165) is 57.1 Å². The number of hydrogen-bond donors (Lipinski definition) is 1. The van der Waals surface area contributed by atoms with E-state index >= 15 is 0 Å². The lowest BCUT2D eigenvalue weighted by atomic mass is 10.2. The zero-order valence-electron chi connectivity index (χ0n) is 15.1. The van der Waals surface area contributed by atoms with Crippen molar-refractivity contribution in [3.8, 4) is 5.75 Å². The summed E-state index contributed by atoms with van der Waals surface area (Å²) >= 11 is 0. The average molecular weight is 347 g/mol. The molecule has 0 unspecified atom stereocenters. The molecule has 2 heterocycles. The van der Waals surface area contributed by atoms with Gasteiger partial charge in [0.15, 0.2) is 0 Å². The molecule has 6 nitrogen and oxygen atoms in total. The van der Waals surface area contributed by atoms with Crippen molar-refractivity contribution in [2.24, 2.45) is 0 Å². The number of anilines is 1. The number of amides is 1. The summed E-state index contributed by atoms with van der Waals surface area (Å²) in [4.78, 5) is 16.7. The average Bonchev–Trinajstić information content (AvgIpc) is 3.15. The molecule has 1 aromatic rings. The maximum atomic E-state index is 12.1. The Balaban J connectivity index is 1.43. The zero-order chi connectivity index (χ0) is 17.5. The molecule has 25 heavy (non-hydrogen) atoms. The van der Waals surface area contributed by atoms with Crippen molar-refractivity contribution in [2.45, 2.75) is 25.9 Å². The Morgan fingerprint density at radius 3 is 2.80 bits per heavy atom. The molecule has 6 heteroatoms. The number of piperazine rings is 1. The Kier molecular flexibility index (Phi) is 6.53. The van der Waals surface area contributed by atoms with Crippen LogP contribution in [0.15, 0.2) is 24.3 Å². The van der Waals surface area contributed by atoms with Crippen LogP contribution in [0.5, 0.6) is 5.75 Å². The zero-order valence-corrected chi connectivity index (χ0v) is 15.1. The van der Waals surface area contributed by atoms with Gasteiger partial charge in [-0.25, -0.2) is 0 Å². The van der Waals surface area contributed by atoms with E-state index in [-0.39, 0.29) is 12.0 Å². The number of nitrogens with one attached hydrogen (secondary N) is 1. The van der Waals surface area contributed by atoms with Gasteiger partial charge in [-0.3, -0.25) is 9.69 Å². The van der Waals surface area contributed by atoms with Crippen molar-refractivity contribution in [1.82, 2.24) is 10.2 Å². The molecule has 0 aliphatic carbocycles. The van der Waals surface area contributed by atoms with Crippen LogP contribution < -0.4 is 15.0 Å². The van der Waals surface area contributed by atoms with Crippen molar-refractivity contribution in [1.29, 1.82) is 0 Å². The maximum Gasteiger partial charge on any atom is 0.234 e. The Morgan fingerprint density at radius 1 is 1.28 bits per heavy atom. The summed E-state index contributed by atoms with van der Waals surface area (Å²) in [5, 5.41) is 3.00. The van der Waals surface area contributed by atoms with Crippen molar-refractivity contribution >= 4 is 11.6 Å². The third-order valence-corrected chi connectivity index (χ3v) is 4.80. The highest BCUT2D eigenvalue weighted by Crippen LogP contribution is 2.28. The molecular formula is C19H29N3O3. The first-order valence-corrected chi connectivity index (χ1v) is 9.33. The van der Waals surface area contributed by atoms with Crippen molar-refractivity contribution in [2.75, 3.05) is 57.4 Å². The van der Waals surface area contributed by atoms with Crippen LogP contribution in [-0.2, 0) is 9.53 Å². The lowest BCUT2D eigenvalue weighted by Gasteiger charge is -2.36. The molecule has 2 aliphatic heterocycles. The normalized spacial score (nSPS) is 21.3. The fourth-order valence-corrected chi connectivity index (χ4v) is 3.43. The minimum absolute atomic E-state index is 0.0960. The van der Waals surface area contributed by atoms with Crippen molar-refractivity contribution < 1.29 is 14.3 Å². The SMILES string of the molecule is CCOc1ccccc1N1CCN(CC(=O)NC[C@@H]2CCCO2)CC1. The Hall–Kier alpha value is -1.79. The molecule has 0 bridgehead atoms. The predicted molar refractivity (Wildman–Crippen MR) is 98.2 cm³/mol. The van der Waals surface area contributed by atoms with Gasteiger partial charge in [-0.15, -0.1) is 0 Å². The second-order valence-corrected chi connectivity index (χ2v) is 6.60. The summed E-state index contributed by atoms with van der Waals surface area (Å²) in [6.45, 7) is 8.18. The molecule has 1 atom stereocenters. The van der Waals surface area contributed by atoms with Gasteiger partial charge in [-0.05, 0) is 31.9 Å². The summed E-state index contributed by atoms with van der Waals surface area (Å²) in [5.41, 5.74) is 1.15. The fraction of sp³-hybridized carbons (Fsp3) is 0.632.